The van der Waals surface area contributed by atoms with Gasteiger partial charge in [0.2, 0.25) is 0 Å². The highest BCUT2D eigenvalue weighted by atomic mass is 16.1. The summed E-state index contributed by atoms with van der Waals surface area (Å²) in [6, 6.07) is 5.54. The highest BCUT2D eigenvalue weighted by molar-refractivity contribution is 6.07. The molecule has 0 aliphatic heterocycles. The molecule has 2 aromatic rings. The second-order valence-corrected chi connectivity index (χ2v) is 4.30. The van der Waals surface area contributed by atoms with E-state index in [2.05, 4.69) is 20.6 Å². The summed E-state index contributed by atoms with van der Waals surface area (Å²) >= 11 is 0. The van der Waals surface area contributed by atoms with Crippen LogP contribution in [-0.4, -0.2) is 22.9 Å². The van der Waals surface area contributed by atoms with E-state index in [4.69, 9.17) is 0 Å². The monoisotopic (exact) mass is 256 g/mol. The average Bonchev–Trinajstić information content (AvgIpc) is 2.37. The van der Waals surface area contributed by atoms with E-state index in [1.54, 1.807) is 19.3 Å². The van der Waals surface area contributed by atoms with Crippen LogP contribution in [0.25, 0.3) is 0 Å². The number of carbonyl (C=O) groups is 1. The van der Waals surface area contributed by atoms with Crippen LogP contribution in [0.2, 0.25) is 0 Å². The van der Waals surface area contributed by atoms with Crippen LogP contribution in [0.3, 0.4) is 0 Å². The fourth-order valence-corrected chi connectivity index (χ4v) is 1.88. The number of aryl methyl sites for hydroxylation is 2. The summed E-state index contributed by atoms with van der Waals surface area (Å²) in [5, 5.41) is 5.75. The largest absolute Gasteiger partial charge is 0.387 e. The summed E-state index contributed by atoms with van der Waals surface area (Å²) < 4.78 is 0. The third kappa shape index (κ3) is 3.07. The number of aromatic nitrogens is 2. The van der Waals surface area contributed by atoms with Crippen LogP contribution in [0.5, 0.6) is 0 Å². The summed E-state index contributed by atoms with van der Waals surface area (Å²) in [6.45, 7) is 3.86. The van der Waals surface area contributed by atoms with Gasteiger partial charge in [0, 0.05) is 30.8 Å². The zero-order valence-electron chi connectivity index (χ0n) is 11.2. The third-order valence-electron chi connectivity index (χ3n) is 2.67. The Morgan fingerprint density at radius 2 is 2.05 bits per heavy atom. The van der Waals surface area contributed by atoms with Gasteiger partial charge in [-0.2, -0.15) is 0 Å². The summed E-state index contributed by atoms with van der Waals surface area (Å²) in [4.78, 5) is 20.4. The predicted molar refractivity (Wildman–Crippen MR) is 75.4 cm³/mol. The molecule has 2 N–H and O–H groups in total. The number of carbonyl (C=O) groups excluding carboxylic acids is 1. The Kier molecular flexibility index (Phi) is 3.75. The van der Waals surface area contributed by atoms with Crippen molar-refractivity contribution in [2.24, 2.45) is 0 Å². The highest BCUT2D eigenvalue weighted by Crippen LogP contribution is 2.15. The molecule has 0 aliphatic rings. The quantitative estimate of drug-likeness (QED) is 0.884. The maximum absolute atomic E-state index is 12.2. The first-order valence-corrected chi connectivity index (χ1v) is 5.98. The van der Waals surface area contributed by atoms with Crippen LogP contribution in [0.1, 0.15) is 21.6 Å². The van der Waals surface area contributed by atoms with E-state index in [0.29, 0.717) is 11.4 Å². The second kappa shape index (κ2) is 5.48. The summed E-state index contributed by atoms with van der Waals surface area (Å²) in [7, 11) is 1.77. The van der Waals surface area contributed by atoms with Crippen LogP contribution in [0, 0.1) is 13.8 Å². The molecule has 0 radical (unpaired) electrons. The molecule has 98 valence electrons. The first kappa shape index (κ1) is 13.0. The Labute approximate surface area is 112 Å². The van der Waals surface area contributed by atoms with Gasteiger partial charge >= 0.3 is 0 Å². The van der Waals surface area contributed by atoms with Crippen molar-refractivity contribution in [3.05, 3.63) is 47.4 Å². The van der Waals surface area contributed by atoms with Gasteiger partial charge < -0.3 is 10.6 Å². The predicted octanol–water partition coefficient (Wildman–Crippen LogP) is 2.39. The molecule has 0 bridgehead atoms. The number of hydrogen-bond donors (Lipinski definition) is 2. The van der Waals surface area contributed by atoms with Crippen LogP contribution in [-0.2, 0) is 0 Å². The van der Waals surface area contributed by atoms with E-state index in [1.165, 1.54) is 6.20 Å². The number of nitrogens with one attached hydrogen (secondary N) is 2. The van der Waals surface area contributed by atoms with Gasteiger partial charge in [0.15, 0.2) is 0 Å². The van der Waals surface area contributed by atoms with Crippen LogP contribution in [0.15, 0.2) is 30.6 Å². The Morgan fingerprint density at radius 3 is 2.74 bits per heavy atom. The SMILES string of the molecule is CNc1ccncc1C(=O)Nc1cc(C)cc(C)n1. The van der Waals surface area contributed by atoms with Crippen molar-refractivity contribution in [1.82, 2.24) is 9.97 Å². The van der Waals surface area contributed by atoms with Gasteiger partial charge in [-0.05, 0) is 37.6 Å². The topological polar surface area (TPSA) is 66.9 Å². The van der Waals surface area contributed by atoms with E-state index < -0.39 is 0 Å². The lowest BCUT2D eigenvalue weighted by atomic mass is 10.2. The number of amides is 1. The van der Waals surface area contributed by atoms with Crippen LogP contribution in [0.4, 0.5) is 11.5 Å². The molecular formula is C14H16N4O. The zero-order valence-corrected chi connectivity index (χ0v) is 11.2. The Balaban J connectivity index is 2.25. The van der Waals surface area contributed by atoms with Gasteiger partial charge in [-0.3, -0.25) is 9.78 Å². The molecule has 0 unspecified atom stereocenters. The van der Waals surface area contributed by atoms with Crippen molar-refractivity contribution >= 4 is 17.4 Å². The lowest BCUT2D eigenvalue weighted by molar-refractivity contribution is 0.102. The summed E-state index contributed by atoms with van der Waals surface area (Å²) in [5.74, 6) is 0.323. The summed E-state index contributed by atoms with van der Waals surface area (Å²) in [5.41, 5.74) is 3.15. The number of hydrogen-bond acceptors (Lipinski definition) is 4. The van der Waals surface area contributed by atoms with E-state index in [0.717, 1.165) is 16.9 Å². The number of nitrogens with zero attached hydrogens (tertiary/aromatic N) is 2. The molecule has 0 saturated carbocycles. The maximum Gasteiger partial charge on any atom is 0.260 e. The molecule has 0 fully saturated rings. The lowest BCUT2D eigenvalue weighted by Gasteiger charge is -2.09. The first-order valence-electron chi connectivity index (χ1n) is 5.98. The van der Waals surface area contributed by atoms with E-state index >= 15 is 0 Å². The van der Waals surface area contributed by atoms with Crippen LogP contribution >= 0.6 is 0 Å². The molecule has 0 aromatic carbocycles. The lowest BCUT2D eigenvalue weighted by Crippen LogP contribution is -2.15. The summed E-state index contributed by atoms with van der Waals surface area (Å²) in [6.07, 6.45) is 3.17. The fraction of sp³-hybridized carbons (Fsp3) is 0.214. The molecule has 0 atom stereocenters. The van der Waals surface area contributed by atoms with Gasteiger partial charge in [-0.15, -0.1) is 0 Å². The number of rotatable bonds is 3. The van der Waals surface area contributed by atoms with Gasteiger partial charge in [-0.1, -0.05) is 0 Å². The molecule has 0 spiro atoms. The minimum Gasteiger partial charge on any atom is -0.387 e. The number of anilines is 2. The molecular weight excluding hydrogens is 240 g/mol. The molecule has 0 saturated heterocycles. The Morgan fingerprint density at radius 1 is 1.26 bits per heavy atom. The first-order chi connectivity index (χ1) is 9.10. The van der Waals surface area contributed by atoms with Crippen molar-refractivity contribution in [3.8, 4) is 0 Å². The standard InChI is InChI=1S/C14H16N4O/c1-9-6-10(2)17-13(7-9)18-14(19)11-8-16-5-4-12(11)15-3/h4-8H,1-3H3,(H,15,16)(H,17,18,19). The normalized spacial score (nSPS) is 10.1. The van der Waals surface area contributed by atoms with Crippen molar-refractivity contribution in [2.75, 3.05) is 17.7 Å². The van der Waals surface area contributed by atoms with Crippen molar-refractivity contribution < 1.29 is 4.79 Å². The molecule has 2 aromatic heterocycles. The number of pyridine rings is 2. The molecule has 5 heteroatoms. The smallest absolute Gasteiger partial charge is 0.260 e. The average molecular weight is 256 g/mol. The molecule has 19 heavy (non-hydrogen) atoms. The second-order valence-electron chi connectivity index (χ2n) is 4.30. The van der Waals surface area contributed by atoms with Crippen molar-refractivity contribution in [1.29, 1.82) is 0 Å². The zero-order chi connectivity index (χ0) is 13.8. The highest BCUT2D eigenvalue weighted by Gasteiger charge is 2.11. The molecule has 1 amide bonds. The Bertz CT molecular complexity index is 590. The molecule has 2 heterocycles. The molecule has 5 nitrogen and oxygen atoms in total. The Hall–Kier alpha value is -2.43. The van der Waals surface area contributed by atoms with E-state index in [9.17, 15) is 4.79 Å². The minimum atomic E-state index is -0.227. The van der Waals surface area contributed by atoms with Crippen molar-refractivity contribution in [3.63, 3.8) is 0 Å². The van der Waals surface area contributed by atoms with E-state index in [-0.39, 0.29) is 5.91 Å². The van der Waals surface area contributed by atoms with Gasteiger partial charge in [0.1, 0.15) is 5.82 Å². The van der Waals surface area contributed by atoms with Gasteiger partial charge in [-0.25, -0.2) is 4.98 Å². The minimum absolute atomic E-state index is 0.227. The van der Waals surface area contributed by atoms with Gasteiger partial charge in [0.05, 0.1) is 5.56 Å². The molecule has 2 rings (SSSR count). The maximum atomic E-state index is 12.2. The fourth-order valence-electron chi connectivity index (χ4n) is 1.88. The van der Waals surface area contributed by atoms with Crippen molar-refractivity contribution in [2.45, 2.75) is 13.8 Å². The van der Waals surface area contributed by atoms with Gasteiger partial charge in [0.25, 0.3) is 5.91 Å². The molecule has 0 aliphatic carbocycles. The van der Waals surface area contributed by atoms with Crippen LogP contribution < -0.4 is 10.6 Å². The van der Waals surface area contributed by atoms with E-state index in [1.807, 2.05) is 26.0 Å². The third-order valence-corrected chi connectivity index (χ3v) is 2.67.